The summed E-state index contributed by atoms with van der Waals surface area (Å²) in [6, 6.07) is 0. The van der Waals surface area contributed by atoms with Crippen LogP contribution >= 0.6 is 0 Å². The van der Waals surface area contributed by atoms with E-state index in [1.165, 1.54) is 62.2 Å². The van der Waals surface area contributed by atoms with Gasteiger partial charge >= 0.3 is 11.9 Å². The van der Waals surface area contributed by atoms with Gasteiger partial charge in [0.1, 0.15) is 6.33 Å². The summed E-state index contributed by atoms with van der Waals surface area (Å²) >= 11 is 0. The summed E-state index contributed by atoms with van der Waals surface area (Å²) in [5.74, 6) is -1.48. The molecule has 0 amide bonds. The summed E-state index contributed by atoms with van der Waals surface area (Å²) in [5, 5.41) is 9.34. The number of hydrogen-bond acceptors (Lipinski definition) is 4. The molecule has 6 heteroatoms. The van der Waals surface area contributed by atoms with Gasteiger partial charge in [-0.15, -0.1) is 0 Å². The second kappa shape index (κ2) is 14.3. The Kier molecular flexibility index (Phi) is 12.2. The fourth-order valence-corrected chi connectivity index (χ4v) is 3.05. The van der Waals surface area contributed by atoms with Crippen molar-refractivity contribution in [3.8, 4) is 0 Å². The quantitative estimate of drug-likeness (QED) is 0.431. The van der Waals surface area contributed by atoms with Gasteiger partial charge in [0.2, 0.25) is 0 Å². The Morgan fingerprint density at radius 1 is 1.00 bits per heavy atom. The lowest BCUT2D eigenvalue weighted by molar-refractivity contribution is -0.146. The first-order chi connectivity index (χ1) is 12.6. The molecule has 1 heterocycles. The van der Waals surface area contributed by atoms with Crippen LogP contribution < -0.4 is 4.84 Å². The van der Waals surface area contributed by atoms with Crippen LogP contribution in [0.1, 0.15) is 90.4 Å². The molecule has 148 valence electrons. The fourth-order valence-electron chi connectivity index (χ4n) is 3.05. The highest BCUT2D eigenvalue weighted by Gasteiger charge is 2.17. The Hall–Kier alpha value is -1.85. The van der Waals surface area contributed by atoms with Crippen molar-refractivity contribution >= 4 is 11.9 Å². The second-order valence-electron chi connectivity index (χ2n) is 6.93. The van der Waals surface area contributed by atoms with E-state index in [0.29, 0.717) is 19.3 Å². The van der Waals surface area contributed by atoms with Crippen molar-refractivity contribution < 1.29 is 19.5 Å². The summed E-state index contributed by atoms with van der Waals surface area (Å²) in [4.78, 5) is 31.9. The number of carboxylic acid groups (broad SMARTS) is 1. The van der Waals surface area contributed by atoms with Crippen LogP contribution in [0, 0.1) is 5.92 Å². The molecule has 1 atom stereocenters. The number of hydrogen-bond donors (Lipinski definition) is 1. The van der Waals surface area contributed by atoms with Crippen LogP contribution in [-0.4, -0.2) is 26.8 Å². The molecule has 0 aliphatic heterocycles. The van der Waals surface area contributed by atoms with E-state index in [1.54, 1.807) is 6.20 Å². The molecule has 0 spiro atoms. The van der Waals surface area contributed by atoms with Crippen molar-refractivity contribution in [1.29, 1.82) is 0 Å². The molecule has 0 aromatic carbocycles. The van der Waals surface area contributed by atoms with Crippen molar-refractivity contribution in [1.82, 2.24) is 9.71 Å². The van der Waals surface area contributed by atoms with Gasteiger partial charge in [-0.25, -0.2) is 9.78 Å². The van der Waals surface area contributed by atoms with Gasteiger partial charge in [0.15, 0.2) is 0 Å². The first-order valence-corrected chi connectivity index (χ1v) is 10.1. The number of carbonyl (C=O) groups excluding carboxylic acids is 1. The third-order valence-electron chi connectivity index (χ3n) is 4.63. The first kappa shape index (κ1) is 22.2. The van der Waals surface area contributed by atoms with Crippen LogP contribution in [0.25, 0.3) is 0 Å². The van der Waals surface area contributed by atoms with E-state index in [1.807, 2.05) is 0 Å². The molecule has 0 aliphatic rings. The molecular formula is C20H34N2O4. The molecule has 0 saturated carbocycles. The molecule has 1 aromatic heterocycles. The van der Waals surface area contributed by atoms with Crippen molar-refractivity contribution in [2.75, 3.05) is 0 Å². The van der Waals surface area contributed by atoms with Crippen molar-refractivity contribution in [2.45, 2.75) is 90.4 Å². The maximum Gasteiger partial charge on any atom is 0.332 e. The van der Waals surface area contributed by atoms with Crippen LogP contribution in [0.4, 0.5) is 0 Å². The topological polar surface area (TPSA) is 81.4 Å². The van der Waals surface area contributed by atoms with E-state index >= 15 is 0 Å². The molecule has 1 unspecified atom stereocenters. The van der Waals surface area contributed by atoms with Crippen molar-refractivity contribution in [2.24, 2.45) is 5.92 Å². The number of nitrogens with zero attached hydrogens (tertiary/aromatic N) is 2. The molecule has 6 nitrogen and oxygen atoms in total. The zero-order valence-corrected chi connectivity index (χ0v) is 16.1. The zero-order chi connectivity index (χ0) is 19.0. The third kappa shape index (κ3) is 10.9. The maximum atomic E-state index is 11.7. The Balaban J connectivity index is 2.06. The molecule has 26 heavy (non-hydrogen) atoms. The average Bonchev–Trinajstić information content (AvgIpc) is 3.11. The number of aliphatic carboxylic acids is 1. The summed E-state index contributed by atoms with van der Waals surface area (Å²) in [6.07, 6.45) is 17.5. The molecule has 1 rings (SSSR count). The van der Waals surface area contributed by atoms with Gasteiger partial charge in [-0.2, -0.15) is 4.73 Å². The largest absolute Gasteiger partial charge is 0.481 e. The van der Waals surface area contributed by atoms with Crippen LogP contribution in [0.15, 0.2) is 18.7 Å². The minimum Gasteiger partial charge on any atom is -0.481 e. The molecule has 0 radical (unpaired) electrons. The summed E-state index contributed by atoms with van der Waals surface area (Å²) in [7, 11) is 0. The number of carboxylic acids is 1. The average molecular weight is 367 g/mol. The normalized spacial score (nSPS) is 12.0. The van der Waals surface area contributed by atoms with E-state index < -0.39 is 5.97 Å². The lowest BCUT2D eigenvalue weighted by Crippen LogP contribution is -2.19. The highest BCUT2D eigenvalue weighted by atomic mass is 16.7. The lowest BCUT2D eigenvalue weighted by Gasteiger charge is -2.12. The summed E-state index contributed by atoms with van der Waals surface area (Å²) in [5.41, 5.74) is 0. The fraction of sp³-hybridized carbons (Fsp3) is 0.750. The first-order valence-electron chi connectivity index (χ1n) is 10.1. The van der Waals surface area contributed by atoms with E-state index in [-0.39, 0.29) is 18.3 Å². The minimum absolute atomic E-state index is 0.222. The van der Waals surface area contributed by atoms with Gasteiger partial charge in [-0.3, -0.25) is 4.79 Å². The predicted octanol–water partition coefficient (Wildman–Crippen LogP) is 4.63. The van der Waals surface area contributed by atoms with Crippen LogP contribution in [0.5, 0.6) is 0 Å². The van der Waals surface area contributed by atoms with Gasteiger partial charge in [0, 0.05) is 12.6 Å². The van der Waals surface area contributed by atoms with Crippen LogP contribution in [0.2, 0.25) is 0 Å². The van der Waals surface area contributed by atoms with Crippen LogP contribution in [-0.2, 0) is 9.59 Å². The van der Waals surface area contributed by atoms with E-state index in [9.17, 15) is 14.7 Å². The Labute approximate surface area is 156 Å². The van der Waals surface area contributed by atoms with E-state index in [0.717, 1.165) is 12.8 Å². The highest BCUT2D eigenvalue weighted by molar-refractivity contribution is 5.71. The smallest absolute Gasteiger partial charge is 0.332 e. The Morgan fingerprint density at radius 3 is 2.19 bits per heavy atom. The minimum atomic E-state index is -0.757. The molecule has 1 N–H and O–H groups in total. The van der Waals surface area contributed by atoms with Gasteiger partial charge in [-0.1, -0.05) is 64.7 Å². The third-order valence-corrected chi connectivity index (χ3v) is 4.63. The van der Waals surface area contributed by atoms with E-state index in [2.05, 4.69) is 11.9 Å². The lowest BCUT2D eigenvalue weighted by atomic mass is 9.95. The molecule has 0 fully saturated rings. The monoisotopic (exact) mass is 366 g/mol. The van der Waals surface area contributed by atoms with Gasteiger partial charge in [0.05, 0.1) is 12.1 Å². The number of carbonyl (C=O) groups is 2. The van der Waals surface area contributed by atoms with Gasteiger partial charge in [0.25, 0.3) is 0 Å². The highest BCUT2D eigenvalue weighted by Crippen LogP contribution is 2.18. The van der Waals surface area contributed by atoms with Gasteiger partial charge in [-0.05, 0) is 19.3 Å². The summed E-state index contributed by atoms with van der Waals surface area (Å²) < 4.78 is 1.25. The number of rotatable bonds is 16. The Morgan fingerprint density at radius 2 is 1.62 bits per heavy atom. The molecule has 0 saturated heterocycles. The molecule has 0 bridgehead atoms. The number of unbranched alkanes of at least 4 members (excludes halogenated alkanes) is 8. The Bertz CT molecular complexity index is 488. The number of aromatic nitrogens is 2. The molecular weight excluding hydrogens is 332 g/mol. The second-order valence-corrected chi connectivity index (χ2v) is 6.93. The number of imidazole rings is 1. The van der Waals surface area contributed by atoms with Crippen molar-refractivity contribution in [3.05, 3.63) is 18.7 Å². The maximum absolute atomic E-state index is 11.7. The SMILES string of the molecule is CCCCCCCCCCCC(CCCC(=O)On1ccnc1)C(=O)O. The molecule has 0 aliphatic carbocycles. The van der Waals surface area contributed by atoms with E-state index in [4.69, 9.17) is 4.84 Å². The van der Waals surface area contributed by atoms with Crippen molar-refractivity contribution in [3.63, 3.8) is 0 Å². The predicted molar refractivity (Wildman–Crippen MR) is 101 cm³/mol. The molecule has 1 aromatic rings. The zero-order valence-electron chi connectivity index (χ0n) is 16.1. The standard InChI is InChI=1S/C20H34N2O4/c1-2-3-4-5-6-7-8-9-10-12-18(20(24)25)13-11-14-19(23)26-22-16-15-21-17-22/h15-18H,2-14H2,1H3,(H,24,25). The summed E-state index contributed by atoms with van der Waals surface area (Å²) in [6.45, 7) is 2.22. The van der Waals surface area contributed by atoms with Gasteiger partial charge < -0.3 is 9.94 Å². The van der Waals surface area contributed by atoms with Crippen LogP contribution in [0.3, 0.4) is 0 Å².